The van der Waals surface area contributed by atoms with E-state index in [-0.39, 0.29) is 23.9 Å². The maximum atomic E-state index is 13.8. The molecule has 1 N–H and O–H groups in total. The molecule has 3 aromatic rings. The minimum absolute atomic E-state index is 0.0194. The van der Waals surface area contributed by atoms with Gasteiger partial charge in [-0.15, -0.1) is 0 Å². The zero-order valence-electron chi connectivity index (χ0n) is 32.3. The first-order chi connectivity index (χ1) is 26.3. The number of nitrogens with zero attached hydrogens (tertiary/aromatic N) is 5. The Morgan fingerprint density at radius 1 is 0.685 bits per heavy atom. The van der Waals surface area contributed by atoms with Crippen molar-refractivity contribution < 1.29 is 33.3 Å². The van der Waals surface area contributed by atoms with Crippen molar-refractivity contribution in [3.63, 3.8) is 0 Å². The van der Waals surface area contributed by atoms with E-state index in [9.17, 15) is 14.4 Å². The van der Waals surface area contributed by atoms with Gasteiger partial charge in [0, 0.05) is 51.4 Å². The number of hydrogen-bond acceptors (Lipinski definition) is 11. The highest BCUT2D eigenvalue weighted by Gasteiger charge is 2.22. The van der Waals surface area contributed by atoms with Crippen molar-refractivity contribution in [1.82, 2.24) is 24.3 Å². The smallest absolute Gasteiger partial charge is 0.261 e. The van der Waals surface area contributed by atoms with E-state index in [1.165, 1.54) is 4.57 Å². The molecule has 0 aliphatic carbocycles. The monoisotopic (exact) mass is 750 g/mol. The largest absolute Gasteiger partial charge is 0.378 e. The molecule has 3 heterocycles. The Balaban J connectivity index is 1.14. The maximum absolute atomic E-state index is 13.8. The van der Waals surface area contributed by atoms with Gasteiger partial charge in [0.05, 0.1) is 83.5 Å². The van der Waals surface area contributed by atoms with Crippen LogP contribution in [0.1, 0.15) is 35.4 Å². The first-order valence-electron chi connectivity index (χ1n) is 19.3. The lowest BCUT2D eigenvalue weighted by Gasteiger charge is -2.28. The lowest BCUT2D eigenvalue weighted by molar-refractivity contribution is -0.136. The molecular formula is C40H58N6O8. The van der Waals surface area contributed by atoms with E-state index in [2.05, 4.69) is 15.1 Å². The standard InChI is InChI=1S/C40H58N6O8/c1-31-7-4-8-32(2)38(31)42-36(47)11-6-12-43-13-19-51-25-27-53-21-15-44(16-22-54-28-26-52-20-14-43)29-35-41-39-33(3)9-5-10-34(39)40(49)46(35)30-37(48)45-17-23-50-24-18-45/h4-5,7-10H,6,11-30H2,1-3H3,(H,42,47). The molecule has 2 aliphatic rings. The van der Waals surface area contributed by atoms with Crippen molar-refractivity contribution in [3.05, 3.63) is 69.3 Å². The predicted octanol–water partition coefficient (Wildman–Crippen LogP) is 2.78. The molecule has 2 fully saturated rings. The second kappa shape index (κ2) is 22.0. The number of carbonyl (C=O) groups excluding carboxylic acids is 2. The first-order valence-corrected chi connectivity index (χ1v) is 19.3. The topological polar surface area (TPSA) is 137 Å². The molecule has 0 spiro atoms. The summed E-state index contributed by atoms with van der Waals surface area (Å²) in [5.74, 6) is 0.427. The van der Waals surface area contributed by atoms with Crippen molar-refractivity contribution in [2.24, 2.45) is 0 Å². The summed E-state index contributed by atoms with van der Waals surface area (Å²) in [6.07, 6.45) is 1.17. The molecule has 0 saturated carbocycles. The number of anilines is 1. The lowest BCUT2D eigenvalue weighted by atomic mass is 10.1. The van der Waals surface area contributed by atoms with E-state index >= 15 is 0 Å². The molecule has 1 aromatic heterocycles. The van der Waals surface area contributed by atoms with E-state index in [1.54, 1.807) is 11.0 Å². The normalized spacial score (nSPS) is 18.2. The van der Waals surface area contributed by atoms with Gasteiger partial charge in [-0.25, -0.2) is 4.98 Å². The molecule has 2 amide bonds. The summed E-state index contributed by atoms with van der Waals surface area (Å²) in [7, 11) is 0. The Kier molecular flexibility index (Phi) is 16.8. The number of benzene rings is 2. The van der Waals surface area contributed by atoms with Gasteiger partial charge < -0.3 is 33.9 Å². The van der Waals surface area contributed by atoms with Gasteiger partial charge in [-0.1, -0.05) is 30.3 Å². The van der Waals surface area contributed by atoms with Crippen LogP contribution in [0, 0.1) is 20.8 Å². The number of rotatable bonds is 9. The summed E-state index contributed by atoms with van der Waals surface area (Å²) in [5.41, 5.74) is 4.35. The first kappa shape index (κ1) is 41.4. The summed E-state index contributed by atoms with van der Waals surface area (Å²) in [6.45, 7) is 15.3. The third-order valence-electron chi connectivity index (χ3n) is 9.86. The third kappa shape index (κ3) is 12.7. The molecular weight excluding hydrogens is 692 g/mol. The number of carbonyl (C=O) groups is 2. The van der Waals surface area contributed by atoms with Crippen LogP contribution in [0.15, 0.2) is 41.2 Å². The Morgan fingerprint density at radius 2 is 1.20 bits per heavy atom. The van der Waals surface area contributed by atoms with Crippen LogP contribution >= 0.6 is 0 Å². The van der Waals surface area contributed by atoms with Gasteiger partial charge in [0.25, 0.3) is 5.56 Å². The number of nitrogens with one attached hydrogen (secondary N) is 1. The molecule has 0 unspecified atom stereocenters. The fourth-order valence-electron chi connectivity index (χ4n) is 6.66. The van der Waals surface area contributed by atoms with Gasteiger partial charge >= 0.3 is 0 Å². The minimum Gasteiger partial charge on any atom is -0.378 e. The molecule has 14 nitrogen and oxygen atoms in total. The van der Waals surface area contributed by atoms with Crippen LogP contribution in [-0.4, -0.2) is 148 Å². The quantitative estimate of drug-likeness (QED) is 0.346. The third-order valence-corrected chi connectivity index (χ3v) is 9.86. The fraction of sp³-hybridized carbons (Fsp3) is 0.600. The van der Waals surface area contributed by atoms with Crippen LogP contribution in [0.5, 0.6) is 0 Å². The number of para-hydroxylation sites is 2. The molecule has 0 bridgehead atoms. The number of hydrogen-bond donors (Lipinski definition) is 1. The van der Waals surface area contributed by atoms with Crippen molar-refractivity contribution in [3.8, 4) is 0 Å². The SMILES string of the molecule is Cc1cccc(C)c1NC(=O)CCCN1CCOCCOCCN(Cc2nc3c(C)cccc3c(=O)n2CC(=O)N2CCOCC2)CCOCCOCC1. The Hall–Kier alpha value is -3.76. The maximum Gasteiger partial charge on any atom is 0.261 e. The highest BCUT2D eigenvalue weighted by molar-refractivity contribution is 5.92. The molecule has 2 aliphatic heterocycles. The number of aryl methyl sites for hydroxylation is 3. The molecule has 0 radical (unpaired) electrons. The number of amides is 2. The van der Waals surface area contributed by atoms with Crippen LogP contribution < -0.4 is 10.9 Å². The minimum atomic E-state index is -0.222. The van der Waals surface area contributed by atoms with E-state index in [0.29, 0.717) is 122 Å². The number of ether oxygens (including phenoxy) is 5. The van der Waals surface area contributed by atoms with Gasteiger partial charge in [0.2, 0.25) is 11.8 Å². The molecule has 14 heteroatoms. The summed E-state index contributed by atoms with van der Waals surface area (Å²) in [4.78, 5) is 51.0. The van der Waals surface area contributed by atoms with Crippen LogP contribution in [0.3, 0.4) is 0 Å². The molecule has 54 heavy (non-hydrogen) atoms. The van der Waals surface area contributed by atoms with Gasteiger partial charge in [-0.2, -0.15) is 0 Å². The molecule has 0 atom stereocenters. The van der Waals surface area contributed by atoms with Gasteiger partial charge in [0.15, 0.2) is 0 Å². The van der Waals surface area contributed by atoms with Crippen LogP contribution in [-0.2, 0) is 46.4 Å². The van der Waals surface area contributed by atoms with Crippen molar-refractivity contribution in [2.45, 2.75) is 46.7 Å². The van der Waals surface area contributed by atoms with Gasteiger partial charge in [-0.05, 0) is 56.5 Å². The van der Waals surface area contributed by atoms with Gasteiger partial charge in [-0.3, -0.25) is 28.8 Å². The average Bonchev–Trinajstić information content (AvgIpc) is 3.16. The van der Waals surface area contributed by atoms with E-state index < -0.39 is 0 Å². The second-order valence-electron chi connectivity index (χ2n) is 13.9. The molecule has 2 aromatic carbocycles. The summed E-state index contributed by atoms with van der Waals surface area (Å²) in [5, 5.41) is 3.58. The van der Waals surface area contributed by atoms with E-state index in [4.69, 9.17) is 28.7 Å². The predicted molar refractivity (Wildman–Crippen MR) is 207 cm³/mol. The Bertz CT molecular complexity index is 1670. The lowest BCUT2D eigenvalue weighted by Crippen LogP contribution is -2.44. The van der Waals surface area contributed by atoms with Crippen molar-refractivity contribution in [1.29, 1.82) is 0 Å². The summed E-state index contributed by atoms with van der Waals surface area (Å²) in [6, 6.07) is 11.6. The van der Waals surface area contributed by atoms with E-state index in [0.717, 1.165) is 48.4 Å². The molecule has 5 rings (SSSR count). The zero-order chi connectivity index (χ0) is 38.1. The van der Waals surface area contributed by atoms with Crippen LogP contribution in [0.2, 0.25) is 0 Å². The van der Waals surface area contributed by atoms with Crippen molar-refractivity contribution >= 4 is 28.4 Å². The second-order valence-corrected chi connectivity index (χ2v) is 13.9. The number of fused-ring (bicyclic) bond motifs is 1. The van der Waals surface area contributed by atoms with Crippen molar-refractivity contribution in [2.75, 3.05) is 117 Å². The average molecular weight is 751 g/mol. The fourth-order valence-corrected chi connectivity index (χ4v) is 6.66. The van der Waals surface area contributed by atoms with Gasteiger partial charge in [0.1, 0.15) is 12.4 Å². The van der Waals surface area contributed by atoms with Crippen LogP contribution in [0.25, 0.3) is 10.9 Å². The Labute approximate surface area is 318 Å². The molecule has 296 valence electrons. The van der Waals surface area contributed by atoms with E-state index in [1.807, 2.05) is 51.1 Å². The highest BCUT2D eigenvalue weighted by Crippen LogP contribution is 2.20. The number of morpholine rings is 1. The molecule has 2 saturated heterocycles. The number of aromatic nitrogens is 2. The summed E-state index contributed by atoms with van der Waals surface area (Å²) < 4.78 is 30.7. The zero-order valence-corrected chi connectivity index (χ0v) is 32.3. The summed E-state index contributed by atoms with van der Waals surface area (Å²) >= 11 is 0. The Morgan fingerprint density at radius 3 is 1.81 bits per heavy atom. The highest BCUT2D eigenvalue weighted by atomic mass is 16.5. The van der Waals surface area contributed by atoms with Crippen LogP contribution in [0.4, 0.5) is 5.69 Å².